The normalized spacial score (nSPS) is 10.1. The van der Waals surface area contributed by atoms with E-state index in [1.165, 1.54) is 0 Å². The molecule has 0 atom stereocenters. The van der Waals surface area contributed by atoms with Crippen LogP contribution in [0.25, 0.3) is 0 Å². The first kappa shape index (κ1) is 13.7. The molecule has 0 amide bonds. The number of hydrogen-bond acceptors (Lipinski definition) is 4. The Bertz CT molecular complexity index is 544. The Kier molecular flexibility index (Phi) is 4.63. The van der Waals surface area contributed by atoms with Crippen molar-refractivity contribution in [3.63, 3.8) is 0 Å². The van der Waals surface area contributed by atoms with E-state index >= 15 is 0 Å². The number of nitrogens with zero attached hydrogens (tertiary/aromatic N) is 1. The third-order valence-corrected chi connectivity index (χ3v) is 3.45. The van der Waals surface area contributed by atoms with E-state index in [-0.39, 0.29) is 0 Å². The van der Waals surface area contributed by atoms with Crippen molar-refractivity contribution in [1.29, 1.82) is 0 Å². The Balaban J connectivity index is 2.05. The topological polar surface area (TPSA) is 43.4 Å². The molecule has 5 heteroatoms. The van der Waals surface area contributed by atoms with E-state index in [2.05, 4.69) is 26.2 Å². The van der Waals surface area contributed by atoms with Crippen molar-refractivity contribution < 1.29 is 9.47 Å². The molecule has 0 bridgehead atoms. The van der Waals surface area contributed by atoms with E-state index in [1.807, 2.05) is 30.3 Å². The van der Waals surface area contributed by atoms with Crippen LogP contribution in [0.3, 0.4) is 0 Å². The van der Waals surface area contributed by atoms with Gasteiger partial charge in [0.1, 0.15) is 5.75 Å². The zero-order chi connectivity index (χ0) is 13.7. The molecule has 1 N–H and O–H groups in total. The Morgan fingerprint density at radius 3 is 2.63 bits per heavy atom. The Labute approximate surface area is 120 Å². The van der Waals surface area contributed by atoms with Crippen LogP contribution in [0.4, 0.5) is 5.69 Å². The molecule has 4 nitrogen and oxygen atoms in total. The van der Waals surface area contributed by atoms with E-state index in [0.717, 1.165) is 21.5 Å². The fourth-order valence-corrected chi connectivity index (χ4v) is 2.00. The largest absolute Gasteiger partial charge is 0.497 e. The predicted molar refractivity (Wildman–Crippen MR) is 78.8 cm³/mol. The number of anilines is 1. The van der Waals surface area contributed by atoms with Crippen LogP contribution in [-0.2, 0) is 6.54 Å². The van der Waals surface area contributed by atoms with Crippen LogP contribution in [0, 0.1) is 0 Å². The molecule has 2 rings (SSSR count). The van der Waals surface area contributed by atoms with Crippen LogP contribution >= 0.6 is 15.9 Å². The molecular formula is C14H15BrN2O2. The van der Waals surface area contributed by atoms with E-state index in [1.54, 1.807) is 20.4 Å². The van der Waals surface area contributed by atoms with Gasteiger partial charge in [-0.05, 0) is 29.8 Å². The molecule has 1 aromatic heterocycles. The number of methoxy groups -OCH3 is 2. The number of hydrogen-bond donors (Lipinski definition) is 1. The third-order valence-electron chi connectivity index (χ3n) is 2.68. The van der Waals surface area contributed by atoms with Crippen LogP contribution < -0.4 is 14.8 Å². The van der Waals surface area contributed by atoms with Crippen molar-refractivity contribution in [1.82, 2.24) is 4.98 Å². The summed E-state index contributed by atoms with van der Waals surface area (Å²) in [6.07, 6.45) is 1.74. The fourth-order valence-electron chi connectivity index (χ4n) is 1.62. The van der Waals surface area contributed by atoms with E-state index in [9.17, 15) is 0 Å². The fraction of sp³-hybridized carbons (Fsp3) is 0.214. The Hall–Kier alpha value is -1.75. The summed E-state index contributed by atoms with van der Waals surface area (Å²) in [6, 6.07) is 9.64. The number of pyridine rings is 1. The third kappa shape index (κ3) is 3.61. The van der Waals surface area contributed by atoms with Crippen LogP contribution in [-0.4, -0.2) is 19.2 Å². The molecule has 1 aromatic carbocycles. The zero-order valence-corrected chi connectivity index (χ0v) is 12.4. The maximum Gasteiger partial charge on any atom is 0.213 e. The highest BCUT2D eigenvalue weighted by Gasteiger charge is 2.02. The summed E-state index contributed by atoms with van der Waals surface area (Å²) in [6.45, 7) is 0.686. The summed E-state index contributed by atoms with van der Waals surface area (Å²) >= 11 is 3.52. The summed E-state index contributed by atoms with van der Waals surface area (Å²) in [7, 11) is 3.26. The highest BCUT2D eigenvalue weighted by atomic mass is 79.9. The first-order valence-corrected chi connectivity index (χ1v) is 6.58. The van der Waals surface area contributed by atoms with Gasteiger partial charge in [0.2, 0.25) is 5.88 Å². The molecule has 0 aliphatic rings. The van der Waals surface area contributed by atoms with Crippen molar-refractivity contribution in [2.45, 2.75) is 6.54 Å². The van der Waals surface area contributed by atoms with E-state index in [0.29, 0.717) is 12.4 Å². The van der Waals surface area contributed by atoms with Gasteiger partial charge in [0.05, 0.1) is 26.1 Å². The van der Waals surface area contributed by atoms with Crippen molar-refractivity contribution >= 4 is 21.6 Å². The molecule has 0 spiro atoms. The first-order valence-electron chi connectivity index (χ1n) is 5.79. The number of nitrogens with one attached hydrogen (secondary N) is 1. The molecule has 0 saturated carbocycles. The van der Waals surface area contributed by atoms with E-state index in [4.69, 9.17) is 9.47 Å². The quantitative estimate of drug-likeness (QED) is 0.915. The lowest BCUT2D eigenvalue weighted by Gasteiger charge is -2.10. The van der Waals surface area contributed by atoms with Gasteiger partial charge in [0.15, 0.2) is 0 Å². The minimum Gasteiger partial charge on any atom is -0.497 e. The zero-order valence-electron chi connectivity index (χ0n) is 10.8. The number of benzene rings is 1. The van der Waals surface area contributed by atoms with E-state index < -0.39 is 0 Å². The van der Waals surface area contributed by atoms with Crippen molar-refractivity contribution in [3.8, 4) is 11.6 Å². The maximum absolute atomic E-state index is 5.21. The van der Waals surface area contributed by atoms with Gasteiger partial charge in [-0.2, -0.15) is 0 Å². The first-order chi connectivity index (χ1) is 9.22. The number of halogens is 1. The molecule has 0 aliphatic carbocycles. The van der Waals surface area contributed by atoms with Gasteiger partial charge < -0.3 is 14.8 Å². The maximum atomic E-state index is 5.21. The molecular weight excluding hydrogens is 308 g/mol. The molecule has 2 aromatic rings. The van der Waals surface area contributed by atoms with Crippen molar-refractivity contribution in [2.24, 2.45) is 0 Å². The molecule has 0 unspecified atom stereocenters. The SMILES string of the molecule is COc1ccc(Br)c(CNc2ccc(OC)nc2)c1. The number of ether oxygens (including phenoxy) is 2. The Morgan fingerprint density at radius 2 is 2.00 bits per heavy atom. The molecule has 1 heterocycles. The second-order valence-electron chi connectivity index (χ2n) is 3.90. The van der Waals surface area contributed by atoms with Gasteiger partial charge in [0.25, 0.3) is 0 Å². The second kappa shape index (κ2) is 6.43. The van der Waals surface area contributed by atoms with Gasteiger partial charge in [-0.3, -0.25) is 0 Å². The molecule has 0 fully saturated rings. The molecule has 0 saturated heterocycles. The molecule has 100 valence electrons. The predicted octanol–water partition coefficient (Wildman–Crippen LogP) is 3.47. The standard InChI is InChI=1S/C14H15BrN2O2/c1-18-12-4-5-13(15)10(7-12)8-16-11-3-6-14(19-2)17-9-11/h3-7,9,16H,8H2,1-2H3. The van der Waals surface area contributed by atoms with Gasteiger partial charge >= 0.3 is 0 Å². The Morgan fingerprint density at radius 1 is 1.16 bits per heavy atom. The lowest BCUT2D eigenvalue weighted by molar-refractivity contribution is 0.398. The van der Waals surface area contributed by atoms with Crippen molar-refractivity contribution in [2.75, 3.05) is 19.5 Å². The minimum absolute atomic E-state index is 0.605. The van der Waals surface area contributed by atoms with Crippen molar-refractivity contribution in [3.05, 3.63) is 46.6 Å². The smallest absolute Gasteiger partial charge is 0.213 e. The summed E-state index contributed by atoms with van der Waals surface area (Å²) < 4.78 is 11.3. The molecule has 0 aliphatic heterocycles. The van der Waals surface area contributed by atoms with Gasteiger partial charge in [0, 0.05) is 17.1 Å². The summed E-state index contributed by atoms with van der Waals surface area (Å²) in [5.41, 5.74) is 2.06. The van der Waals surface area contributed by atoms with Crippen LogP contribution in [0.5, 0.6) is 11.6 Å². The summed E-state index contributed by atoms with van der Waals surface area (Å²) in [5.74, 6) is 1.45. The highest BCUT2D eigenvalue weighted by Crippen LogP contribution is 2.23. The average molecular weight is 323 g/mol. The molecule has 0 radical (unpaired) electrons. The van der Waals surface area contributed by atoms with Crippen LogP contribution in [0.2, 0.25) is 0 Å². The lowest BCUT2D eigenvalue weighted by Crippen LogP contribution is -2.01. The number of aromatic nitrogens is 1. The minimum atomic E-state index is 0.605. The monoisotopic (exact) mass is 322 g/mol. The number of rotatable bonds is 5. The summed E-state index contributed by atoms with van der Waals surface area (Å²) in [5, 5.41) is 3.30. The second-order valence-corrected chi connectivity index (χ2v) is 4.75. The van der Waals surface area contributed by atoms with Crippen LogP contribution in [0.15, 0.2) is 41.0 Å². The van der Waals surface area contributed by atoms with Gasteiger partial charge in [-0.15, -0.1) is 0 Å². The van der Waals surface area contributed by atoms with Gasteiger partial charge in [-0.1, -0.05) is 15.9 Å². The van der Waals surface area contributed by atoms with Crippen LogP contribution in [0.1, 0.15) is 5.56 Å². The average Bonchev–Trinajstić information content (AvgIpc) is 2.47. The lowest BCUT2D eigenvalue weighted by atomic mass is 10.2. The highest BCUT2D eigenvalue weighted by molar-refractivity contribution is 9.10. The van der Waals surface area contributed by atoms with Gasteiger partial charge in [-0.25, -0.2) is 4.98 Å². The summed E-state index contributed by atoms with van der Waals surface area (Å²) in [4.78, 5) is 4.14. The molecule has 19 heavy (non-hydrogen) atoms.